The van der Waals surface area contributed by atoms with E-state index < -0.39 is 17.6 Å². The molecule has 0 aliphatic carbocycles. The molecule has 128 valence electrons. The van der Waals surface area contributed by atoms with Crippen molar-refractivity contribution in [2.24, 2.45) is 0 Å². The molecular formula is C16H12Cl2F3NOS. The van der Waals surface area contributed by atoms with Gasteiger partial charge in [-0.05, 0) is 35.9 Å². The van der Waals surface area contributed by atoms with E-state index in [1.54, 1.807) is 12.1 Å². The lowest BCUT2D eigenvalue weighted by Gasteiger charge is -2.11. The summed E-state index contributed by atoms with van der Waals surface area (Å²) in [5.74, 6) is 0.256. The molecule has 0 aliphatic heterocycles. The highest BCUT2D eigenvalue weighted by Gasteiger charge is 2.31. The zero-order chi connectivity index (χ0) is 17.7. The highest BCUT2D eigenvalue weighted by atomic mass is 35.5. The van der Waals surface area contributed by atoms with Gasteiger partial charge in [-0.2, -0.15) is 13.2 Å². The molecule has 8 heteroatoms. The highest BCUT2D eigenvalue weighted by molar-refractivity contribution is 7.99. The number of hydrogen-bond donors (Lipinski definition) is 1. The van der Waals surface area contributed by atoms with Crippen LogP contribution in [-0.4, -0.2) is 11.7 Å². The number of carbonyl (C=O) groups excluding carboxylic acids is 1. The number of anilines is 1. The van der Waals surface area contributed by atoms with Crippen molar-refractivity contribution in [3.8, 4) is 0 Å². The van der Waals surface area contributed by atoms with Crippen molar-refractivity contribution in [1.29, 1.82) is 0 Å². The summed E-state index contributed by atoms with van der Waals surface area (Å²) >= 11 is 13.0. The first-order chi connectivity index (χ1) is 11.3. The Kier molecular flexibility index (Phi) is 6.43. The number of rotatable bonds is 5. The molecule has 1 N–H and O–H groups in total. The molecule has 0 aliphatic rings. The molecule has 2 aromatic rings. The fourth-order valence-electron chi connectivity index (χ4n) is 1.83. The van der Waals surface area contributed by atoms with Gasteiger partial charge in [-0.15, -0.1) is 11.8 Å². The van der Waals surface area contributed by atoms with Crippen molar-refractivity contribution < 1.29 is 18.0 Å². The third-order valence-corrected chi connectivity index (χ3v) is 4.57. The van der Waals surface area contributed by atoms with Crippen LogP contribution in [-0.2, 0) is 16.7 Å². The first-order valence-electron chi connectivity index (χ1n) is 6.74. The fourth-order valence-corrected chi connectivity index (χ4v) is 2.90. The number of carbonyl (C=O) groups is 1. The van der Waals surface area contributed by atoms with Gasteiger partial charge in [0.15, 0.2) is 0 Å². The molecule has 24 heavy (non-hydrogen) atoms. The van der Waals surface area contributed by atoms with Crippen molar-refractivity contribution in [2.45, 2.75) is 11.9 Å². The van der Waals surface area contributed by atoms with Gasteiger partial charge in [0.05, 0.1) is 22.0 Å². The minimum absolute atomic E-state index is 0.0522. The van der Waals surface area contributed by atoms with E-state index in [-0.39, 0.29) is 16.5 Å². The zero-order valence-electron chi connectivity index (χ0n) is 12.2. The smallest absolute Gasteiger partial charge is 0.324 e. The van der Waals surface area contributed by atoms with Crippen molar-refractivity contribution in [1.82, 2.24) is 0 Å². The Balaban J connectivity index is 1.91. The molecule has 0 radical (unpaired) electrons. The van der Waals surface area contributed by atoms with Gasteiger partial charge in [0.1, 0.15) is 0 Å². The lowest BCUT2D eigenvalue weighted by Crippen LogP contribution is -2.15. The van der Waals surface area contributed by atoms with Crippen LogP contribution < -0.4 is 5.32 Å². The average Bonchev–Trinajstić information content (AvgIpc) is 2.50. The minimum atomic E-state index is -4.49. The zero-order valence-corrected chi connectivity index (χ0v) is 14.5. The minimum Gasteiger partial charge on any atom is -0.324 e. The lowest BCUT2D eigenvalue weighted by atomic mass is 10.2. The van der Waals surface area contributed by atoms with Crippen LogP contribution in [0.3, 0.4) is 0 Å². The molecule has 0 spiro atoms. The predicted molar refractivity (Wildman–Crippen MR) is 92.7 cm³/mol. The third-order valence-electron chi connectivity index (χ3n) is 2.98. The number of halogens is 5. The number of alkyl halides is 3. The molecule has 1 amide bonds. The van der Waals surface area contributed by atoms with Gasteiger partial charge in [-0.1, -0.05) is 35.3 Å². The summed E-state index contributed by atoms with van der Waals surface area (Å²) in [6.07, 6.45) is -4.49. The van der Waals surface area contributed by atoms with Gasteiger partial charge in [-0.3, -0.25) is 4.79 Å². The van der Waals surface area contributed by atoms with Gasteiger partial charge in [-0.25, -0.2) is 0 Å². The number of nitrogens with one attached hydrogen (secondary N) is 1. The lowest BCUT2D eigenvalue weighted by molar-refractivity contribution is -0.137. The molecule has 0 unspecified atom stereocenters. The molecule has 0 heterocycles. The van der Waals surface area contributed by atoms with Crippen LogP contribution in [0.5, 0.6) is 0 Å². The van der Waals surface area contributed by atoms with Crippen molar-refractivity contribution in [3.63, 3.8) is 0 Å². The Hall–Kier alpha value is -1.37. The maximum atomic E-state index is 12.7. The predicted octanol–water partition coefficient (Wildman–Crippen LogP) is 5.88. The van der Waals surface area contributed by atoms with Crippen LogP contribution >= 0.6 is 35.0 Å². The SMILES string of the molecule is O=C(CSCc1ccc(Cl)cc1)Nc1cc(C(F)(F)F)ccc1Cl. The van der Waals surface area contributed by atoms with E-state index in [9.17, 15) is 18.0 Å². The number of thioether (sulfide) groups is 1. The Morgan fingerprint density at radius 2 is 1.75 bits per heavy atom. The first kappa shape index (κ1) is 19.0. The summed E-state index contributed by atoms with van der Waals surface area (Å²) in [5, 5.41) is 3.09. The van der Waals surface area contributed by atoms with E-state index >= 15 is 0 Å². The summed E-state index contributed by atoms with van der Waals surface area (Å²) in [6, 6.07) is 9.99. The van der Waals surface area contributed by atoms with Gasteiger partial charge in [0, 0.05) is 10.8 Å². The normalized spacial score (nSPS) is 11.4. The maximum absolute atomic E-state index is 12.7. The standard InChI is InChI=1S/C16H12Cl2F3NOS/c17-12-4-1-10(2-5-12)8-24-9-15(23)22-14-7-11(16(19,20)21)3-6-13(14)18/h1-7H,8-9H2,(H,22,23). The van der Waals surface area contributed by atoms with Crippen LogP contribution in [0, 0.1) is 0 Å². The second kappa shape index (κ2) is 8.14. The van der Waals surface area contributed by atoms with E-state index in [0.717, 1.165) is 23.8 Å². The average molecular weight is 394 g/mol. The van der Waals surface area contributed by atoms with E-state index in [4.69, 9.17) is 23.2 Å². The molecule has 2 nitrogen and oxygen atoms in total. The molecular weight excluding hydrogens is 382 g/mol. The van der Waals surface area contributed by atoms with E-state index in [1.807, 2.05) is 12.1 Å². The summed E-state index contributed by atoms with van der Waals surface area (Å²) in [7, 11) is 0. The summed E-state index contributed by atoms with van der Waals surface area (Å²) in [6.45, 7) is 0. The molecule has 0 saturated carbocycles. The molecule has 0 atom stereocenters. The Bertz CT molecular complexity index is 720. The Morgan fingerprint density at radius 3 is 2.38 bits per heavy atom. The monoisotopic (exact) mass is 393 g/mol. The molecule has 0 saturated heterocycles. The Labute approximate surface area is 151 Å². The first-order valence-corrected chi connectivity index (χ1v) is 8.65. The van der Waals surface area contributed by atoms with E-state index in [0.29, 0.717) is 10.8 Å². The topological polar surface area (TPSA) is 29.1 Å². The van der Waals surface area contributed by atoms with Crippen LogP contribution in [0.25, 0.3) is 0 Å². The van der Waals surface area contributed by atoms with Crippen molar-refractivity contribution in [2.75, 3.05) is 11.1 Å². The highest BCUT2D eigenvalue weighted by Crippen LogP contribution is 2.33. The molecule has 0 fully saturated rings. The molecule has 2 aromatic carbocycles. The van der Waals surface area contributed by atoms with Crippen LogP contribution in [0.15, 0.2) is 42.5 Å². The molecule has 2 rings (SSSR count). The van der Waals surface area contributed by atoms with Gasteiger partial charge >= 0.3 is 6.18 Å². The quantitative estimate of drug-likeness (QED) is 0.686. The number of benzene rings is 2. The molecule has 0 bridgehead atoms. The van der Waals surface area contributed by atoms with Crippen molar-refractivity contribution in [3.05, 3.63) is 63.6 Å². The van der Waals surface area contributed by atoms with Crippen LogP contribution in [0.1, 0.15) is 11.1 Å². The van der Waals surface area contributed by atoms with Crippen molar-refractivity contribution >= 4 is 46.6 Å². The summed E-state index contributed by atoms with van der Waals surface area (Å²) in [5.41, 5.74) is 0.0777. The van der Waals surface area contributed by atoms with Crippen LogP contribution in [0.2, 0.25) is 10.0 Å². The van der Waals surface area contributed by atoms with Gasteiger partial charge < -0.3 is 5.32 Å². The number of amides is 1. The largest absolute Gasteiger partial charge is 0.416 e. The van der Waals surface area contributed by atoms with Gasteiger partial charge in [0.25, 0.3) is 0 Å². The van der Waals surface area contributed by atoms with E-state index in [2.05, 4.69) is 5.32 Å². The molecule has 0 aromatic heterocycles. The second-order valence-corrected chi connectivity index (χ2v) is 6.69. The second-order valence-electron chi connectivity index (χ2n) is 4.86. The number of hydrogen-bond acceptors (Lipinski definition) is 2. The van der Waals surface area contributed by atoms with Gasteiger partial charge in [0.2, 0.25) is 5.91 Å². The fraction of sp³-hybridized carbons (Fsp3) is 0.188. The van der Waals surface area contributed by atoms with E-state index in [1.165, 1.54) is 11.8 Å². The van der Waals surface area contributed by atoms with Crippen LogP contribution in [0.4, 0.5) is 18.9 Å². The summed E-state index contributed by atoms with van der Waals surface area (Å²) in [4.78, 5) is 11.9. The third kappa shape index (κ3) is 5.61. The summed E-state index contributed by atoms with van der Waals surface area (Å²) < 4.78 is 38.1. The maximum Gasteiger partial charge on any atom is 0.416 e. The Morgan fingerprint density at radius 1 is 1.08 bits per heavy atom.